The van der Waals surface area contributed by atoms with Gasteiger partial charge in [0.15, 0.2) is 0 Å². The van der Waals surface area contributed by atoms with E-state index < -0.39 is 0 Å². The maximum Gasteiger partial charge on any atom is 0.0580 e. The predicted octanol–water partition coefficient (Wildman–Crippen LogP) is 3.60. The number of hydrogen-bond acceptors (Lipinski definition) is 2. The van der Waals surface area contributed by atoms with E-state index in [4.69, 9.17) is 0 Å². The van der Waals surface area contributed by atoms with Crippen LogP contribution in [0.4, 0.5) is 0 Å². The zero-order valence-corrected chi connectivity index (χ0v) is 12.3. The Balaban J connectivity index is 1.53. The molecule has 0 amide bonds. The van der Waals surface area contributed by atoms with Crippen LogP contribution >= 0.6 is 0 Å². The van der Waals surface area contributed by atoms with Crippen LogP contribution in [0.2, 0.25) is 0 Å². The summed E-state index contributed by atoms with van der Waals surface area (Å²) < 4.78 is 0. The number of benzene rings is 2. The molecule has 2 aromatic carbocycles. The summed E-state index contributed by atoms with van der Waals surface area (Å²) in [6.45, 7) is 1.79. The van der Waals surface area contributed by atoms with Crippen molar-refractivity contribution in [3.05, 3.63) is 60.2 Å². The number of nitrogens with one attached hydrogen (secondary N) is 1. The smallest absolute Gasteiger partial charge is 0.0580 e. The van der Waals surface area contributed by atoms with Gasteiger partial charge in [-0.1, -0.05) is 61.0 Å². The van der Waals surface area contributed by atoms with E-state index in [2.05, 4.69) is 53.8 Å². The van der Waals surface area contributed by atoms with E-state index in [0.29, 0.717) is 5.92 Å². The van der Waals surface area contributed by atoms with Crippen LogP contribution < -0.4 is 5.32 Å². The fraction of sp³-hybridized carbons (Fsp3) is 0.368. The lowest BCUT2D eigenvalue weighted by molar-refractivity contribution is 0.131. The quantitative estimate of drug-likeness (QED) is 0.877. The first-order valence-corrected chi connectivity index (χ1v) is 7.86. The van der Waals surface area contributed by atoms with E-state index in [1.807, 2.05) is 6.07 Å². The Morgan fingerprint density at radius 2 is 1.62 bits per heavy atom. The molecular weight excluding hydrogens is 258 g/mol. The molecule has 2 nitrogen and oxygen atoms in total. The second kappa shape index (κ2) is 6.88. The van der Waals surface area contributed by atoms with Gasteiger partial charge in [-0.05, 0) is 35.4 Å². The highest BCUT2D eigenvalue weighted by Gasteiger charge is 2.24. The van der Waals surface area contributed by atoms with Gasteiger partial charge >= 0.3 is 0 Å². The Morgan fingerprint density at radius 1 is 0.905 bits per heavy atom. The molecule has 1 saturated carbocycles. The first-order valence-electron chi connectivity index (χ1n) is 7.86. The summed E-state index contributed by atoms with van der Waals surface area (Å²) in [6, 6.07) is 19.2. The van der Waals surface area contributed by atoms with Gasteiger partial charge in [0.2, 0.25) is 0 Å². The van der Waals surface area contributed by atoms with Gasteiger partial charge in [0.1, 0.15) is 0 Å². The van der Waals surface area contributed by atoms with Gasteiger partial charge in [-0.25, -0.2) is 0 Å². The molecular formula is C19H23NO. The van der Waals surface area contributed by atoms with E-state index >= 15 is 0 Å². The van der Waals surface area contributed by atoms with Crippen molar-refractivity contribution in [2.24, 2.45) is 5.92 Å². The Bertz CT molecular complexity index is 550. The SMILES string of the molecule is OC1CCCC1CNCc1ccc(-c2ccccc2)cc1. The van der Waals surface area contributed by atoms with Gasteiger partial charge in [0, 0.05) is 13.1 Å². The maximum atomic E-state index is 9.81. The van der Waals surface area contributed by atoms with Crippen LogP contribution in [0.25, 0.3) is 11.1 Å². The topological polar surface area (TPSA) is 32.3 Å². The molecule has 21 heavy (non-hydrogen) atoms. The standard InChI is InChI=1S/C19H23NO/c21-19-8-4-7-18(19)14-20-13-15-9-11-17(12-10-15)16-5-2-1-3-6-16/h1-3,5-6,9-12,18-21H,4,7-8,13-14H2. The van der Waals surface area contributed by atoms with Crippen molar-refractivity contribution >= 4 is 0 Å². The van der Waals surface area contributed by atoms with Crippen molar-refractivity contribution in [2.75, 3.05) is 6.54 Å². The minimum Gasteiger partial charge on any atom is -0.393 e. The molecule has 110 valence electrons. The molecule has 2 aromatic rings. The third kappa shape index (κ3) is 3.72. The van der Waals surface area contributed by atoms with Crippen LogP contribution in [0, 0.1) is 5.92 Å². The van der Waals surface area contributed by atoms with Gasteiger partial charge in [-0.2, -0.15) is 0 Å². The summed E-state index contributed by atoms with van der Waals surface area (Å²) in [6.07, 6.45) is 3.19. The predicted molar refractivity (Wildman–Crippen MR) is 86.9 cm³/mol. The summed E-state index contributed by atoms with van der Waals surface area (Å²) in [7, 11) is 0. The van der Waals surface area contributed by atoms with E-state index in [-0.39, 0.29) is 6.10 Å². The molecule has 2 atom stereocenters. The molecule has 2 unspecified atom stereocenters. The van der Waals surface area contributed by atoms with Crippen LogP contribution in [-0.2, 0) is 6.54 Å². The second-order valence-electron chi connectivity index (χ2n) is 5.95. The van der Waals surface area contributed by atoms with Gasteiger partial charge in [0.25, 0.3) is 0 Å². The fourth-order valence-electron chi connectivity index (χ4n) is 3.10. The van der Waals surface area contributed by atoms with Crippen LogP contribution in [0.3, 0.4) is 0 Å². The zero-order valence-electron chi connectivity index (χ0n) is 12.3. The Hall–Kier alpha value is -1.64. The van der Waals surface area contributed by atoms with Gasteiger partial charge in [0.05, 0.1) is 6.10 Å². The van der Waals surface area contributed by atoms with Crippen molar-refractivity contribution in [2.45, 2.75) is 31.9 Å². The number of aliphatic hydroxyl groups is 1. The molecule has 0 heterocycles. The lowest BCUT2D eigenvalue weighted by Crippen LogP contribution is -2.27. The third-order valence-electron chi connectivity index (χ3n) is 4.42. The average Bonchev–Trinajstić information content (AvgIpc) is 2.94. The molecule has 3 rings (SSSR count). The van der Waals surface area contributed by atoms with E-state index in [1.54, 1.807) is 0 Å². The van der Waals surface area contributed by atoms with Crippen molar-refractivity contribution in [3.63, 3.8) is 0 Å². The highest BCUT2D eigenvalue weighted by Crippen LogP contribution is 2.24. The van der Waals surface area contributed by atoms with Crippen molar-refractivity contribution in [1.82, 2.24) is 5.32 Å². The molecule has 2 N–H and O–H groups in total. The van der Waals surface area contributed by atoms with Gasteiger partial charge < -0.3 is 10.4 Å². The Labute approximate surface area is 126 Å². The summed E-state index contributed by atoms with van der Waals surface area (Å²) in [5, 5.41) is 13.3. The summed E-state index contributed by atoms with van der Waals surface area (Å²) >= 11 is 0. The summed E-state index contributed by atoms with van der Waals surface area (Å²) in [4.78, 5) is 0. The first kappa shape index (κ1) is 14.3. The normalized spacial score (nSPS) is 21.6. The van der Waals surface area contributed by atoms with Crippen LogP contribution in [0.1, 0.15) is 24.8 Å². The van der Waals surface area contributed by atoms with E-state index in [9.17, 15) is 5.11 Å². The zero-order chi connectivity index (χ0) is 14.5. The first-order chi connectivity index (χ1) is 10.3. The monoisotopic (exact) mass is 281 g/mol. The molecule has 1 aliphatic rings. The maximum absolute atomic E-state index is 9.81. The highest BCUT2D eigenvalue weighted by atomic mass is 16.3. The van der Waals surface area contributed by atoms with Crippen LogP contribution in [0.5, 0.6) is 0 Å². The van der Waals surface area contributed by atoms with E-state index in [0.717, 1.165) is 25.9 Å². The lowest BCUT2D eigenvalue weighted by Gasteiger charge is -2.15. The molecule has 0 spiro atoms. The van der Waals surface area contributed by atoms with E-state index in [1.165, 1.54) is 23.1 Å². The van der Waals surface area contributed by atoms with Crippen molar-refractivity contribution in [3.8, 4) is 11.1 Å². The molecule has 2 heteroatoms. The largest absolute Gasteiger partial charge is 0.393 e. The third-order valence-corrected chi connectivity index (χ3v) is 4.42. The molecule has 1 aliphatic carbocycles. The van der Waals surface area contributed by atoms with Gasteiger partial charge in [-0.15, -0.1) is 0 Å². The van der Waals surface area contributed by atoms with Crippen LogP contribution in [0.15, 0.2) is 54.6 Å². The Morgan fingerprint density at radius 3 is 2.29 bits per heavy atom. The van der Waals surface area contributed by atoms with Crippen LogP contribution in [-0.4, -0.2) is 17.8 Å². The lowest BCUT2D eigenvalue weighted by atomic mass is 10.0. The highest BCUT2D eigenvalue weighted by molar-refractivity contribution is 5.63. The average molecular weight is 281 g/mol. The minimum absolute atomic E-state index is 0.0991. The molecule has 0 aliphatic heterocycles. The number of aliphatic hydroxyl groups excluding tert-OH is 1. The Kier molecular flexibility index (Phi) is 4.69. The molecule has 0 aromatic heterocycles. The minimum atomic E-state index is -0.0991. The summed E-state index contributed by atoms with van der Waals surface area (Å²) in [5.41, 5.74) is 3.80. The second-order valence-corrected chi connectivity index (χ2v) is 5.95. The molecule has 0 bridgehead atoms. The molecule has 1 fully saturated rings. The van der Waals surface area contributed by atoms with Gasteiger partial charge in [-0.3, -0.25) is 0 Å². The molecule has 0 saturated heterocycles. The van der Waals surface area contributed by atoms with Crippen molar-refractivity contribution < 1.29 is 5.11 Å². The number of hydrogen-bond donors (Lipinski definition) is 2. The molecule has 0 radical (unpaired) electrons. The number of rotatable bonds is 5. The summed E-state index contributed by atoms with van der Waals surface area (Å²) in [5.74, 6) is 0.439. The fourth-order valence-corrected chi connectivity index (χ4v) is 3.10. The van der Waals surface area contributed by atoms with Crippen molar-refractivity contribution in [1.29, 1.82) is 0 Å².